The third-order valence-corrected chi connectivity index (χ3v) is 5.00. The molecule has 0 saturated heterocycles. The molecule has 0 radical (unpaired) electrons. The van der Waals surface area contributed by atoms with Crippen LogP contribution >= 0.6 is 0 Å². The van der Waals surface area contributed by atoms with Gasteiger partial charge < -0.3 is 4.74 Å². The molecule has 7 heteroatoms. The molecule has 0 N–H and O–H groups in total. The second-order valence-corrected chi connectivity index (χ2v) is 7.01. The Bertz CT molecular complexity index is 431. The first-order chi connectivity index (χ1) is 8.85. The van der Waals surface area contributed by atoms with Gasteiger partial charge in [-0.1, -0.05) is 12.2 Å². The van der Waals surface area contributed by atoms with Crippen LogP contribution in [0.5, 0.6) is 0 Å². The van der Waals surface area contributed by atoms with E-state index in [1.807, 2.05) is 6.08 Å². The maximum atomic E-state index is 11.7. The van der Waals surface area contributed by atoms with Crippen LogP contribution in [0.2, 0.25) is 0 Å². The molecule has 110 valence electrons. The van der Waals surface area contributed by atoms with E-state index in [0.29, 0.717) is 6.42 Å². The normalized spacial score (nSPS) is 19.9. The Hall–Kier alpha value is -0.920. The van der Waals surface area contributed by atoms with E-state index in [2.05, 4.69) is 6.08 Å². The van der Waals surface area contributed by atoms with Crippen molar-refractivity contribution in [1.29, 1.82) is 0 Å². The molecule has 0 aliphatic heterocycles. The number of hydrogen-bond acceptors (Lipinski definition) is 4. The van der Waals surface area contributed by atoms with E-state index in [4.69, 9.17) is 4.74 Å². The zero-order valence-corrected chi connectivity index (χ0v) is 12.5. The van der Waals surface area contributed by atoms with Crippen molar-refractivity contribution in [2.75, 3.05) is 34.3 Å². The van der Waals surface area contributed by atoms with Crippen LogP contribution < -0.4 is 0 Å². The Morgan fingerprint density at radius 1 is 1.32 bits per heavy atom. The lowest BCUT2D eigenvalue weighted by Gasteiger charge is -2.22. The van der Waals surface area contributed by atoms with Crippen molar-refractivity contribution in [2.24, 2.45) is 5.92 Å². The smallest absolute Gasteiger partial charge is 0.309 e. The van der Waals surface area contributed by atoms with Crippen molar-refractivity contribution in [3.63, 3.8) is 0 Å². The van der Waals surface area contributed by atoms with Gasteiger partial charge in [-0.25, -0.2) is 0 Å². The van der Waals surface area contributed by atoms with Crippen LogP contribution in [0, 0.1) is 5.92 Å². The second kappa shape index (κ2) is 7.02. The summed E-state index contributed by atoms with van der Waals surface area (Å²) < 4.78 is 30.8. The monoisotopic (exact) mass is 290 g/mol. The van der Waals surface area contributed by atoms with Gasteiger partial charge in [0.1, 0.15) is 6.61 Å². The van der Waals surface area contributed by atoms with Gasteiger partial charge in [-0.3, -0.25) is 4.79 Å². The number of allylic oxidation sites excluding steroid dienone is 2. The molecule has 0 aromatic carbocycles. The fourth-order valence-corrected chi connectivity index (χ4v) is 2.66. The summed E-state index contributed by atoms with van der Waals surface area (Å²) in [5, 5.41) is 0. The van der Waals surface area contributed by atoms with E-state index in [0.717, 1.165) is 17.1 Å². The van der Waals surface area contributed by atoms with E-state index in [9.17, 15) is 13.2 Å². The van der Waals surface area contributed by atoms with Crippen LogP contribution in [0.25, 0.3) is 0 Å². The fourth-order valence-electron chi connectivity index (χ4n) is 1.79. The van der Waals surface area contributed by atoms with Crippen molar-refractivity contribution < 1.29 is 17.9 Å². The molecule has 0 fully saturated rings. The fraction of sp³-hybridized carbons (Fsp3) is 0.750. The van der Waals surface area contributed by atoms with Crippen molar-refractivity contribution in [3.8, 4) is 0 Å². The Morgan fingerprint density at radius 2 is 2.00 bits per heavy atom. The molecule has 0 saturated carbocycles. The molecular weight excluding hydrogens is 268 g/mol. The Labute approximate surface area is 115 Å². The molecule has 1 aliphatic rings. The van der Waals surface area contributed by atoms with E-state index in [1.54, 1.807) is 0 Å². The summed E-state index contributed by atoms with van der Waals surface area (Å²) in [5.74, 6) is -0.319. The molecule has 0 aromatic rings. The topological polar surface area (TPSA) is 66.9 Å². The zero-order valence-electron chi connectivity index (χ0n) is 11.7. The highest BCUT2D eigenvalue weighted by atomic mass is 32.2. The standard InChI is InChI=1S/C12H22N2O4S/c1-13(2)19(16,17)14(3)9-10-18-12(15)11-7-5-4-6-8-11/h4-5,11H,6-10H2,1-3H3/t11-/m1/s1. The molecule has 1 atom stereocenters. The van der Waals surface area contributed by atoms with Gasteiger partial charge >= 0.3 is 5.97 Å². The molecule has 0 spiro atoms. The minimum absolute atomic E-state index is 0.0826. The van der Waals surface area contributed by atoms with Crippen molar-refractivity contribution >= 4 is 16.2 Å². The predicted molar refractivity (Wildman–Crippen MR) is 72.7 cm³/mol. The predicted octanol–water partition coefficient (Wildman–Crippen LogP) is 0.624. The molecule has 6 nitrogen and oxygen atoms in total. The van der Waals surface area contributed by atoms with Gasteiger partial charge in [0.05, 0.1) is 5.92 Å². The van der Waals surface area contributed by atoms with Crippen molar-refractivity contribution in [2.45, 2.75) is 19.3 Å². The molecule has 0 unspecified atom stereocenters. The zero-order chi connectivity index (χ0) is 14.5. The summed E-state index contributed by atoms with van der Waals surface area (Å²) in [6, 6.07) is 0. The summed E-state index contributed by atoms with van der Waals surface area (Å²) in [6.45, 7) is 0.247. The molecule has 1 rings (SSSR count). The highest BCUT2D eigenvalue weighted by molar-refractivity contribution is 7.86. The summed E-state index contributed by atoms with van der Waals surface area (Å²) >= 11 is 0. The van der Waals surface area contributed by atoms with Crippen LogP contribution in [0.1, 0.15) is 19.3 Å². The molecule has 1 aliphatic carbocycles. The number of rotatable bonds is 6. The maximum absolute atomic E-state index is 11.7. The van der Waals surface area contributed by atoms with E-state index >= 15 is 0 Å². The highest BCUT2D eigenvalue weighted by Crippen LogP contribution is 2.19. The third-order valence-electron chi connectivity index (χ3n) is 3.11. The minimum atomic E-state index is -3.44. The molecular formula is C12H22N2O4S. The number of esters is 1. The van der Waals surface area contributed by atoms with Crippen LogP contribution in [0.15, 0.2) is 12.2 Å². The van der Waals surface area contributed by atoms with Gasteiger partial charge in [0.2, 0.25) is 0 Å². The van der Waals surface area contributed by atoms with Gasteiger partial charge in [-0.2, -0.15) is 17.0 Å². The number of carbonyl (C=O) groups is 1. The number of nitrogens with zero attached hydrogens (tertiary/aromatic N) is 2. The Kier molecular flexibility index (Phi) is 5.96. The lowest BCUT2D eigenvalue weighted by molar-refractivity contribution is -0.148. The van der Waals surface area contributed by atoms with E-state index in [1.165, 1.54) is 25.4 Å². The summed E-state index contributed by atoms with van der Waals surface area (Å²) in [5.41, 5.74) is 0. The lowest BCUT2D eigenvalue weighted by Crippen LogP contribution is -2.39. The summed E-state index contributed by atoms with van der Waals surface area (Å²) in [4.78, 5) is 11.7. The van der Waals surface area contributed by atoms with Crippen LogP contribution in [-0.4, -0.2) is 57.3 Å². The molecule has 0 amide bonds. The largest absolute Gasteiger partial charge is 0.464 e. The number of ether oxygens (including phenoxy) is 1. The second-order valence-electron chi connectivity index (χ2n) is 4.76. The Morgan fingerprint density at radius 3 is 2.53 bits per heavy atom. The first-order valence-electron chi connectivity index (χ1n) is 6.31. The van der Waals surface area contributed by atoms with Crippen LogP contribution in [-0.2, 0) is 19.7 Å². The van der Waals surface area contributed by atoms with Crippen molar-refractivity contribution in [1.82, 2.24) is 8.61 Å². The maximum Gasteiger partial charge on any atom is 0.309 e. The van der Waals surface area contributed by atoms with Gasteiger partial charge in [0, 0.05) is 27.7 Å². The third kappa shape index (κ3) is 4.59. The first-order valence-corrected chi connectivity index (χ1v) is 7.71. The number of carbonyl (C=O) groups excluding carboxylic acids is 1. The number of hydrogen-bond donors (Lipinski definition) is 0. The van der Waals surface area contributed by atoms with E-state index in [-0.39, 0.29) is 25.0 Å². The van der Waals surface area contributed by atoms with Gasteiger partial charge in [0.25, 0.3) is 10.2 Å². The van der Waals surface area contributed by atoms with Gasteiger partial charge in [-0.05, 0) is 19.3 Å². The molecule has 0 aromatic heterocycles. The quantitative estimate of drug-likeness (QED) is 0.531. The summed E-state index contributed by atoms with van der Waals surface area (Å²) in [7, 11) is 0.958. The van der Waals surface area contributed by atoms with Crippen LogP contribution in [0.4, 0.5) is 0 Å². The van der Waals surface area contributed by atoms with Crippen molar-refractivity contribution in [3.05, 3.63) is 12.2 Å². The van der Waals surface area contributed by atoms with E-state index < -0.39 is 10.2 Å². The van der Waals surface area contributed by atoms with Crippen LogP contribution in [0.3, 0.4) is 0 Å². The minimum Gasteiger partial charge on any atom is -0.464 e. The Balaban J connectivity index is 2.34. The van der Waals surface area contributed by atoms with Gasteiger partial charge in [-0.15, -0.1) is 0 Å². The SMILES string of the molecule is CN(C)S(=O)(=O)N(C)CCOC(=O)[C@@H]1CC=CCC1. The average Bonchev–Trinajstić information content (AvgIpc) is 2.39. The molecule has 0 heterocycles. The first kappa shape index (κ1) is 16.1. The molecule has 0 bridgehead atoms. The average molecular weight is 290 g/mol. The number of likely N-dealkylation sites (N-methyl/N-ethyl adjacent to an activating group) is 1. The lowest BCUT2D eigenvalue weighted by atomic mass is 9.95. The van der Waals surface area contributed by atoms with Gasteiger partial charge in [0.15, 0.2) is 0 Å². The highest BCUT2D eigenvalue weighted by Gasteiger charge is 2.22. The molecule has 19 heavy (non-hydrogen) atoms. The summed E-state index contributed by atoms with van der Waals surface area (Å²) in [6.07, 6.45) is 6.46.